The maximum Gasteiger partial charge on any atom is 0.170 e. The summed E-state index contributed by atoms with van der Waals surface area (Å²) in [6.07, 6.45) is -3.62. The zero-order valence-corrected chi connectivity index (χ0v) is 9.27. The van der Waals surface area contributed by atoms with Gasteiger partial charge in [-0.1, -0.05) is 31.9 Å². The van der Waals surface area contributed by atoms with E-state index in [1.807, 2.05) is 0 Å². The predicted molar refractivity (Wildman–Crippen MR) is 49.4 cm³/mol. The molecule has 0 saturated carbocycles. The van der Waals surface area contributed by atoms with Gasteiger partial charge < -0.3 is 20.1 Å². The zero-order valence-electron chi connectivity index (χ0n) is 6.10. The fourth-order valence-electron chi connectivity index (χ4n) is 1.04. The van der Waals surface area contributed by atoms with Gasteiger partial charge in [-0.15, -0.1) is 0 Å². The average Bonchev–Trinajstić information content (AvgIpc) is 2.08. The molecule has 1 aliphatic heterocycles. The Morgan fingerprint density at radius 2 is 1.75 bits per heavy atom. The lowest BCUT2D eigenvalue weighted by Gasteiger charge is -2.37. The maximum atomic E-state index is 9.38. The molecule has 1 fully saturated rings. The molecule has 0 unspecified atom stereocenters. The third-order valence-electron chi connectivity index (χ3n) is 1.80. The van der Waals surface area contributed by atoms with E-state index in [2.05, 4.69) is 31.9 Å². The predicted octanol–water partition coefficient (Wildman–Crippen LogP) is -0.416. The van der Waals surface area contributed by atoms with Crippen molar-refractivity contribution in [2.75, 3.05) is 5.33 Å². The molecule has 0 aliphatic carbocycles. The summed E-state index contributed by atoms with van der Waals surface area (Å²) >= 11 is 6.12. The first-order chi connectivity index (χ1) is 5.57. The van der Waals surface area contributed by atoms with E-state index in [1.54, 1.807) is 0 Å². The van der Waals surface area contributed by atoms with Gasteiger partial charge in [0.1, 0.15) is 6.10 Å². The van der Waals surface area contributed by atoms with E-state index in [0.717, 1.165) is 0 Å². The zero-order chi connectivity index (χ0) is 9.30. The third kappa shape index (κ3) is 2.00. The lowest BCUT2D eigenvalue weighted by atomic mass is 10.0. The summed E-state index contributed by atoms with van der Waals surface area (Å²) in [5, 5.41) is 28.3. The second-order valence-electron chi connectivity index (χ2n) is 2.65. The molecule has 1 aliphatic rings. The Bertz CT molecular complexity index is 152. The van der Waals surface area contributed by atoms with Gasteiger partial charge in [0.05, 0.1) is 17.0 Å². The van der Waals surface area contributed by atoms with Crippen LogP contribution in [0.2, 0.25) is 0 Å². The van der Waals surface area contributed by atoms with E-state index in [1.165, 1.54) is 0 Å². The first kappa shape index (κ1) is 10.9. The maximum absolute atomic E-state index is 9.38. The Labute approximate surface area is 86.8 Å². The summed E-state index contributed by atoms with van der Waals surface area (Å²) in [6, 6.07) is 0. The summed E-state index contributed by atoms with van der Waals surface area (Å²) < 4.78 is 4.98. The lowest BCUT2D eigenvalue weighted by molar-refractivity contribution is -0.218. The van der Waals surface area contributed by atoms with Crippen molar-refractivity contribution in [3.63, 3.8) is 0 Å². The normalized spacial score (nSPS) is 49.2. The fraction of sp³-hybridized carbons (Fsp3) is 1.00. The highest BCUT2D eigenvalue weighted by Gasteiger charge is 2.41. The number of rotatable bonds is 1. The van der Waals surface area contributed by atoms with Crippen molar-refractivity contribution < 1.29 is 20.1 Å². The molecule has 5 atom stereocenters. The highest BCUT2D eigenvalue weighted by molar-refractivity contribution is 9.09. The number of aliphatic hydroxyl groups is 3. The topological polar surface area (TPSA) is 69.9 Å². The number of alkyl halides is 2. The van der Waals surface area contributed by atoms with E-state index in [9.17, 15) is 15.3 Å². The molecule has 1 saturated heterocycles. The first-order valence-corrected chi connectivity index (χ1v) is 5.51. The highest BCUT2D eigenvalue weighted by atomic mass is 79.9. The average molecular weight is 306 g/mol. The second kappa shape index (κ2) is 4.34. The van der Waals surface area contributed by atoms with Gasteiger partial charge in [-0.3, -0.25) is 0 Å². The third-order valence-corrected chi connectivity index (χ3v) is 3.43. The fourth-order valence-corrected chi connectivity index (χ4v) is 2.01. The highest BCUT2D eigenvalue weighted by Crippen LogP contribution is 2.25. The Balaban J connectivity index is 2.63. The molecule has 12 heavy (non-hydrogen) atoms. The molecule has 0 aromatic rings. The quantitative estimate of drug-likeness (QED) is 0.576. The summed E-state index contributed by atoms with van der Waals surface area (Å²) in [7, 11) is 0. The minimum absolute atomic E-state index is 0.377. The van der Waals surface area contributed by atoms with Crippen LogP contribution in [0.15, 0.2) is 0 Å². The van der Waals surface area contributed by atoms with Gasteiger partial charge in [-0.25, -0.2) is 0 Å². The van der Waals surface area contributed by atoms with Gasteiger partial charge in [0, 0.05) is 5.33 Å². The molecule has 1 heterocycles. The molecular formula is C6H10Br2O4. The van der Waals surface area contributed by atoms with E-state index in [-0.39, 0.29) is 0 Å². The molecule has 72 valence electrons. The molecule has 4 nitrogen and oxygen atoms in total. The van der Waals surface area contributed by atoms with Crippen molar-refractivity contribution in [2.24, 2.45) is 0 Å². The van der Waals surface area contributed by atoms with Crippen molar-refractivity contribution in [1.82, 2.24) is 0 Å². The van der Waals surface area contributed by atoms with E-state index < -0.39 is 29.4 Å². The van der Waals surface area contributed by atoms with Crippen molar-refractivity contribution in [3.05, 3.63) is 0 Å². The van der Waals surface area contributed by atoms with Gasteiger partial charge in [0.25, 0.3) is 0 Å². The molecule has 0 bridgehead atoms. The van der Waals surface area contributed by atoms with Crippen molar-refractivity contribution in [2.45, 2.75) is 29.4 Å². The van der Waals surface area contributed by atoms with Crippen LogP contribution in [0.5, 0.6) is 0 Å². The number of aliphatic hydroxyl groups excluding tert-OH is 3. The van der Waals surface area contributed by atoms with Gasteiger partial charge >= 0.3 is 0 Å². The van der Waals surface area contributed by atoms with Crippen LogP contribution in [0.3, 0.4) is 0 Å². The second-order valence-corrected chi connectivity index (χ2v) is 4.35. The molecular weight excluding hydrogens is 296 g/mol. The lowest BCUT2D eigenvalue weighted by Crippen LogP contribution is -2.55. The summed E-state index contributed by atoms with van der Waals surface area (Å²) in [4.78, 5) is -0.636. The Morgan fingerprint density at radius 3 is 2.25 bits per heavy atom. The first-order valence-electron chi connectivity index (χ1n) is 3.47. The number of hydrogen-bond donors (Lipinski definition) is 3. The molecule has 0 amide bonds. The Kier molecular flexibility index (Phi) is 3.94. The van der Waals surface area contributed by atoms with Crippen LogP contribution in [0.4, 0.5) is 0 Å². The molecule has 6 heteroatoms. The molecule has 3 N–H and O–H groups in total. The molecule has 0 aromatic carbocycles. The Morgan fingerprint density at radius 1 is 1.17 bits per heavy atom. The number of halogens is 2. The van der Waals surface area contributed by atoms with Gasteiger partial charge in [0.15, 0.2) is 6.29 Å². The largest absolute Gasteiger partial charge is 0.389 e. The summed E-state index contributed by atoms with van der Waals surface area (Å²) in [5.41, 5.74) is 0. The van der Waals surface area contributed by atoms with Gasteiger partial charge in [-0.2, -0.15) is 0 Å². The number of ether oxygens (including phenoxy) is 1. The van der Waals surface area contributed by atoms with E-state index in [4.69, 9.17) is 4.74 Å². The van der Waals surface area contributed by atoms with Crippen molar-refractivity contribution in [3.8, 4) is 0 Å². The Hall–Kier alpha value is 0.800. The smallest absolute Gasteiger partial charge is 0.170 e. The van der Waals surface area contributed by atoms with Crippen molar-refractivity contribution in [1.29, 1.82) is 0 Å². The van der Waals surface area contributed by atoms with Crippen LogP contribution in [-0.4, -0.2) is 50.1 Å². The van der Waals surface area contributed by atoms with Gasteiger partial charge in [0.2, 0.25) is 0 Å². The molecule has 1 rings (SSSR count). The van der Waals surface area contributed by atoms with Crippen molar-refractivity contribution >= 4 is 31.9 Å². The van der Waals surface area contributed by atoms with Crippen LogP contribution in [0, 0.1) is 0 Å². The standard InChI is InChI=1S/C6H10Br2O4/c7-1-2-4(9)5(10)3(8)6(11)12-2/h2-6,9-11H,1H2/t2-,3-,4-,5-,6+/m1/s1. The molecule has 0 radical (unpaired) electrons. The van der Waals surface area contributed by atoms with Crippen LogP contribution in [0.1, 0.15) is 0 Å². The minimum Gasteiger partial charge on any atom is -0.389 e. The van der Waals surface area contributed by atoms with E-state index in [0.29, 0.717) is 5.33 Å². The van der Waals surface area contributed by atoms with Crippen LogP contribution < -0.4 is 0 Å². The summed E-state index contributed by atoms with van der Waals surface area (Å²) in [5.74, 6) is 0. The SMILES string of the molecule is O[C@H]1[C@H](O)[C@@H](CBr)O[C@H](O)[C@@H]1Br. The minimum atomic E-state index is -1.08. The summed E-state index contributed by atoms with van der Waals surface area (Å²) in [6.45, 7) is 0. The van der Waals surface area contributed by atoms with Crippen LogP contribution in [-0.2, 0) is 4.74 Å². The number of hydrogen-bond acceptors (Lipinski definition) is 4. The van der Waals surface area contributed by atoms with Gasteiger partial charge in [-0.05, 0) is 0 Å². The van der Waals surface area contributed by atoms with E-state index >= 15 is 0 Å². The molecule has 0 aromatic heterocycles. The van der Waals surface area contributed by atoms with Crippen LogP contribution in [0.25, 0.3) is 0 Å². The monoisotopic (exact) mass is 304 g/mol. The van der Waals surface area contributed by atoms with Crippen LogP contribution >= 0.6 is 31.9 Å². The molecule has 0 spiro atoms.